The van der Waals surface area contributed by atoms with Gasteiger partial charge in [-0.1, -0.05) is 0 Å². The molecule has 0 bridgehead atoms. The van der Waals surface area contributed by atoms with Gasteiger partial charge < -0.3 is 4.42 Å². The molecule has 4 aromatic rings. The Hall–Kier alpha value is -2.69. The van der Waals surface area contributed by atoms with Crippen molar-refractivity contribution in [1.29, 1.82) is 0 Å². The Labute approximate surface area is 107 Å². The normalized spacial score (nSPS) is 13.1. The number of aromatic nitrogens is 4. The van der Waals surface area contributed by atoms with Gasteiger partial charge in [0.2, 0.25) is 0 Å². The first kappa shape index (κ1) is 9.27. The van der Waals surface area contributed by atoms with E-state index >= 15 is 0 Å². The maximum absolute atomic E-state index is 5.85. The fourth-order valence-corrected chi connectivity index (χ4v) is 2.80. The van der Waals surface area contributed by atoms with Crippen LogP contribution in [0.25, 0.3) is 28.3 Å². The number of imidazole rings is 1. The molecule has 0 atom stereocenters. The molecule has 1 aliphatic heterocycles. The average Bonchev–Trinajstić information content (AvgIpc) is 3.07. The fraction of sp³-hybridized carbons (Fsp3) is 0.0714. The first-order chi connectivity index (χ1) is 9.42. The number of hydrogen-bond acceptors (Lipinski definition) is 3. The lowest BCUT2D eigenvalue weighted by Gasteiger charge is -1.90. The predicted octanol–water partition coefficient (Wildman–Crippen LogP) is 1.79. The van der Waals surface area contributed by atoms with E-state index in [1.807, 2.05) is 28.8 Å². The highest BCUT2D eigenvalue weighted by molar-refractivity contribution is 5.70. The van der Waals surface area contributed by atoms with Gasteiger partial charge in [-0.25, -0.2) is 4.98 Å². The Balaban J connectivity index is 1.93. The number of hydrogen-bond donors (Lipinski definition) is 0. The summed E-state index contributed by atoms with van der Waals surface area (Å²) >= 11 is 0. The Morgan fingerprint density at radius 1 is 1.16 bits per heavy atom. The van der Waals surface area contributed by atoms with Gasteiger partial charge in [0.15, 0.2) is 11.2 Å². The van der Waals surface area contributed by atoms with Crippen LogP contribution >= 0.6 is 0 Å². The first-order valence-corrected chi connectivity index (χ1v) is 6.14. The van der Waals surface area contributed by atoms with Crippen molar-refractivity contribution in [3.63, 3.8) is 0 Å². The summed E-state index contributed by atoms with van der Waals surface area (Å²) in [4.78, 5) is 8.67. The highest BCUT2D eigenvalue weighted by Crippen LogP contribution is 2.31. The molecular weight excluding hydrogens is 240 g/mol. The lowest BCUT2D eigenvalue weighted by molar-refractivity contribution is -0.484. The number of fused-ring (bicyclic) bond motifs is 7. The summed E-state index contributed by atoms with van der Waals surface area (Å²) in [7, 11) is 0. The molecule has 5 nitrogen and oxygen atoms in total. The molecule has 5 heterocycles. The second-order valence-corrected chi connectivity index (χ2v) is 4.68. The summed E-state index contributed by atoms with van der Waals surface area (Å²) < 4.78 is 10.0. The van der Waals surface area contributed by atoms with Gasteiger partial charge in [-0.2, -0.15) is 8.97 Å². The maximum Gasteiger partial charge on any atom is 0.469 e. The van der Waals surface area contributed by atoms with Gasteiger partial charge in [0.05, 0.1) is 11.3 Å². The van der Waals surface area contributed by atoms with E-state index in [1.165, 1.54) is 5.56 Å². The van der Waals surface area contributed by atoms with Crippen molar-refractivity contribution >= 4 is 17.1 Å². The minimum atomic E-state index is 0.664. The van der Waals surface area contributed by atoms with E-state index < -0.39 is 0 Å². The van der Waals surface area contributed by atoms with Crippen LogP contribution in [-0.4, -0.2) is 14.5 Å². The zero-order valence-corrected chi connectivity index (χ0v) is 9.95. The quantitative estimate of drug-likeness (QED) is 0.393. The molecule has 0 saturated carbocycles. The smallest absolute Gasteiger partial charge is 0.368 e. The van der Waals surface area contributed by atoms with Gasteiger partial charge in [0, 0.05) is 12.4 Å². The van der Waals surface area contributed by atoms with Crippen molar-refractivity contribution in [3.05, 3.63) is 48.5 Å². The van der Waals surface area contributed by atoms with Gasteiger partial charge in [-0.05, 0) is 24.3 Å². The van der Waals surface area contributed by atoms with Gasteiger partial charge in [0.1, 0.15) is 12.7 Å². The molecule has 5 rings (SSSR count). The van der Waals surface area contributed by atoms with Crippen molar-refractivity contribution in [3.8, 4) is 11.3 Å². The van der Waals surface area contributed by atoms with Crippen molar-refractivity contribution < 1.29 is 8.82 Å². The van der Waals surface area contributed by atoms with Crippen LogP contribution < -0.4 is 4.40 Å². The standard InChI is InChI=1S/C14H9N4O/c1-3-9-10(15-5-1)7-17-12(9)8-18-11-4-2-6-16-13(11)19-14(17)18/h1-6,8H,7H2/q+1. The summed E-state index contributed by atoms with van der Waals surface area (Å²) in [6.07, 6.45) is 5.67. The largest absolute Gasteiger partial charge is 0.469 e. The lowest BCUT2D eigenvalue weighted by atomic mass is 10.2. The molecule has 4 aromatic heterocycles. The van der Waals surface area contributed by atoms with E-state index in [9.17, 15) is 0 Å². The zero-order valence-electron chi connectivity index (χ0n) is 9.95. The van der Waals surface area contributed by atoms with Gasteiger partial charge in [0.25, 0.3) is 5.71 Å². The van der Waals surface area contributed by atoms with E-state index in [0.717, 1.165) is 29.3 Å². The molecule has 90 valence electrons. The maximum atomic E-state index is 5.85. The van der Waals surface area contributed by atoms with E-state index in [2.05, 4.69) is 26.8 Å². The molecule has 0 radical (unpaired) electrons. The molecule has 0 aromatic carbocycles. The zero-order chi connectivity index (χ0) is 12.4. The van der Waals surface area contributed by atoms with Gasteiger partial charge in [-0.3, -0.25) is 4.98 Å². The summed E-state index contributed by atoms with van der Waals surface area (Å²) in [5.74, 6) is 0.807. The molecule has 19 heavy (non-hydrogen) atoms. The SMILES string of the molecule is c1cnc2c(c1)-c1c[n+]3c4cccnc4oc3n1C2. The summed E-state index contributed by atoms with van der Waals surface area (Å²) in [5.41, 5.74) is 5.07. The molecule has 0 spiro atoms. The summed E-state index contributed by atoms with van der Waals surface area (Å²) in [6.45, 7) is 0.752. The van der Waals surface area contributed by atoms with E-state index in [-0.39, 0.29) is 0 Å². The van der Waals surface area contributed by atoms with Crippen LogP contribution in [0.15, 0.2) is 47.3 Å². The van der Waals surface area contributed by atoms with Crippen molar-refractivity contribution in [1.82, 2.24) is 14.5 Å². The summed E-state index contributed by atoms with van der Waals surface area (Å²) in [6, 6.07) is 8.00. The topological polar surface area (TPSA) is 48.0 Å². The minimum absolute atomic E-state index is 0.664. The number of nitrogens with zero attached hydrogens (tertiary/aromatic N) is 4. The average molecular weight is 249 g/mol. The molecule has 5 heteroatoms. The van der Waals surface area contributed by atoms with E-state index in [0.29, 0.717) is 5.71 Å². The van der Waals surface area contributed by atoms with Crippen LogP contribution in [-0.2, 0) is 6.54 Å². The first-order valence-electron chi connectivity index (χ1n) is 6.14. The monoisotopic (exact) mass is 249 g/mol. The Morgan fingerprint density at radius 2 is 2.05 bits per heavy atom. The Morgan fingerprint density at radius 3 is 3.05 bits per heavy atom. The van der Waals surface area contributed by atoms with Crippen LogP contribution in [0.2, 0.25) is 0 Å². The highest BCUT2D eigenvalue weighted by Gasteiger charge is 2.32. The fourth-order valence-electron chi connectivity index (χ4n) is 2.80. The Bertz CT molecular complexity index is 951. The van der Waals surface area contributed by atoms with Gasteiger partial charge in [-0.15, -0.1) is 0 Å². The van der Waals surface area contributed by atoms with Crippen molar-refractivity contribution in [2.24, 2.45) is 0 Å². The van der Waals surface area contributed by atoms with Crippen LogP contribution in [0, 0.1) is 0 Å². The number of pyridine rings is 2. The second kappa shape index (κ2) is 3.00. The third-order valence-electron chi connectivity index (χ3n) is 3.65. The predicted molar refractivity (Wildman–Crippen MR) is 67.5 cm³/mol. The third kappa shape index (κ3) is 1.03. The molecular formula is C14H9N4O+. The molecule has 0 aliphatic carbocycles. The molecule has 1 aliphatic rings. The highest BCUT2D eigenvalue weighted by atomic mass is 16.4. The minimum Gasteiger partial charge on any atom is -0.368 e. The van der Waals surface area contributed by atoms with Gasteiger partial charge >= 0.3 is 5.84 Å². The van der Waals surface area contributed by atoms with Crippen molar-refractivity contribution in [2.45, 2.75) is 6.54 Å². The molecule has 0 amide bonds. The van der Waals surface area contributed by atoms with Crippen LogP contribution in [0.5, 0.6) is 0 Å². The molecule has 0 fully saturated rings. The summed E-state index contributed by atoms with van der Waals surface area (Å²) in [5, 5.41) is 0. The van der Waals surface area contributed by atoms with Crippen LogP contribution in [0.1, 0.15) is 5.69 Å². The van der Waals surface area contributed by atoms with Crippen LogP contribution in [0.3, 0.4) is 0 Å². The van der Waals surface area contributed by atoms with E-state index in [1.54, 1.807) is 6.20 Å². The molecule has 0 N–H and O–H groups in total. The second-order valence-electron chi connectivity index (χ2n) is 4.68. The lowest BCUT2D eigenvalue weighted by Crippen LogP contribution is -2.16. The van der Waals surface area contributed by atoms with Crippen molar-refractivity contribution in [2.75, 3.05) is 0 Å². The molecule has 0 unspecified atom stereocenters. The number of rotatable bonds is 0. The Kier molecular flexibility index (Phi) is 1.46. The van der Waals surface area contributed by atoms with E-state index in [4.69, 9.17) is 4.42 Å². The van der Waals surface area contributed by atoms with Crippen LogP contribution in [0.4, 0.5) is 0 Å². The molecule has 0 saturated heterocycles. The third-order valence-corrected chi connectivity index (χ3v) is 3.65. The number of oxazole rings is 1.